The highest BCUT2D eigenvalue weighted by Gasteiger charge is 2.41. The van der Waals surface area contributed by atoms with Crippen molar-refractivity contribution in [2.75, 3.05) is 6.61 Å². The van der Waals surface area contributed by atoms with Crippen LogP contribution in [0.1, 0.15) is 6.42 Å². The van der Waals surface area contributed by atoms with Crippen molar-refractivity contribution in [1.82, 2.24) is 0 Å². The normalized spacial score (nSPS) is 33.6. The van der Waals surface area contributed by atoms with Crippen molar-refractivity contribution in [1.29, 1.82) is 0 Å². The molecule has 1 saturated heterocycles. The Labute approximate surface area is 96.1 Å². The molecule has 0 saturated carbocycles. The molecule has 8 nitrogen and oxygen atoms in total. The van der Waals surface area contributed by atoms with Crippen molar-refractivity contribution in [3.63, 3.8) is 0 Å². The molecule has 1 rings (SSSR count). The highest BCUT2D eigenvalue weighted by molar-refractivity contribution is 5.92. The average Bonchev–Trinajstić information content (AvgIpc) is 2.24. The van der Waals surface area contributed by atoms with Crippen LogP contribution in [0.4, 0.5) is 0 Å². The topological polar surface area (TPSA) is 145 Å². The van der Waals surface area contributed by atoms with Gasteiger partial charge in [0.25, 0.3) is 0 Å². The minimum Gasteiger partial charge on any atom is -0.481 e. The van der Waals surface area contributed by atoms with Gasteiger partial charge in [-0.1, -0.05) is 0 Å². The SMILES string of the molecule is O=C(O)C(C[C@H]1OC[C@@H](O)[C@@H](O)[C@@H]1O)C(=O)O. The van der Waals surface area contributed by atoms with Gasteiger partial charge < -0.3 is 30.3 Å². The number of carboxylic acid groups (broad SMARTS) is 2. The quantitative estimate of drug-likeness (QED) is 0.348. The van der Waals surface area contributed by atoms with Gasteiger partial charge in [-0.15, -0.1) is 0 Å². The molecule has 0 aliphatic carbocycles. The summed E-state index contributed by atoms with van der Waals surface area (Å²) in [4.78, 5) is 21.3. The fourth-order valence-electron chi connectivity index (χ4n) is 1.61. The second kappa shape index (κ2) is 5.41. The van der Waals surface area contributed by atoms with Crippen LogP contribution in [-0.4, -0.2) is 68.5 Å². The Balaban J connectivity index is 2.67. The first-order valence-corrected chi connectivity index (χ1v) is 4.96. The molecule has 0 aromatic heterocycles. The molecule has 4 atom stereocenters. The summed E-state index contributed by atoms with van der Waals surface area (Å²) in [5.41, 5.74) is 0. The molecule has 0 amide bonds. The molecule has 1 heterocycles. The van der Waals surface area contributed by atoms with Gasteiger partial charge in [0.2, 0.25) is 0 Å². The number of rotatable bonds is 4. The summed E-state index contributed by atoms with van der Waals surface area (Å²) in [6, 6.07) is 0. The van der Waals surface area contributed by atoms with Gasteiger partial charge in [-0.05, 0) is 0 Å². The zero-order chi connectivity index (χ0) is 13.2. The summed E-state index contributed by atoms with van der Waals surface area (Å²) < 4.78 is 4.92. The number of hydrogen-bond acceptors (Lipinski definition) is 6. The molecule has 1 aliphatic heterocycles. The Kier molecular flexibility index (Phi) is 4.40. The molecule has 0 spiro atoms. The van der Waals surface area contributed by atoms with E-state index in [4.69, 9.17) is 20.1 Å². The van der Waals surface area contributed by atoms with Gasteiger partial charge in [0.1, 0.15) is 18.3 Å². The molecule has 0 bridgehead atoms. The van der Waals surface area contributed by atoms with E-state index < -0.39 is 48.7 Å². The third-order valence-electron chi connectivity index (χ3n) is 2.67. The number of aliphatic hydroxyl groups is 3. The summed E-state index contributed by atoms with van der Waals surface area (Å²) in [5, 5.41) is 45.3. The molecule has 0 aromatic rings. The lowest BCUT2D eigenvalue weighted by Gasteiger charge is -2.35. The van der Waals surface area contributed by atoms with Crippen LogP contribution in [0, 0.1) is 5.92 Å². The van der Waals surface area contributed by atoms with E-state index in [0.29, 0.717) is 0 Å². The van der Waals surface area contributed by atoms with Crippen LogP contribution >= 0.6 is 0 Å². The van der Waals surface area contributed by atoms with Crippen molar-refractivity contribution < 1.29 is 39.9 Å². The minimum atomic E-state index is -1.72. The Morgan fingerprint density at radius 2 is 1.65 bits per heavy atom. The molecular formula is C9H14O8. The molecule has 98 valence electrons. The number of carboxylic acids is 2. The number of aliphatic carboxylic acids is 2. The lowest BCUT2D eigenvalue weighted by Crippen LogP contribution is -2.53. The van der Waals surface area contributed by atoms with Crippen molar-refractivity contribution in [3.05, 3.63) is 0 Å². The van der Waals surface area contributed by atoms with E-state index >= 15 is 0 Å². The highest BCUT2D eigenvalue weighted by atomic mass is 16.5. The molecule has 17 heavy (non-hydrogen) atoms. The molecule has 1 aliphatic rings. The molecular weight excluding hydrogens is 236 g/mol. The fourth-order valence-corrected chi connectivity index (χ4v) is 1.61. The Morgan fingerprint density at radius 1 is 1.12 bits per heavy atom. The molecule has 1 fully saturated rings. The van der Waals surface area contributed by atoms with E-state index in [2.05, 4.69) is 0 Å². The van der Waals surface area contributed by atoms with Crippen LogP contribution in [0.3, 0.4) is 0 Å². The lowest BCUT2D eigenvalue weighted by atomic mass is 9.92. The van der Waals surface area contributed by atoms with Gasteiger partial charge in [-0.2, -0.15) is 0 Å². The third-order valence-corrected chi connectivity index (χ3v) is 2.67. The smallest absolute Gasteiger partial charge is 0.317 e. The van der Waals surface area contributed by atoms with Gasteiger partial charge in [0.15, 0.2) is 5.92 Å². The Hall–Kier alpha value is -1.22. The second-order valence-corrected chi connectivity index (χ2v) is 3.89. The van der Waals surface area contributed by atoms with Crippen molar-refractivity contribution in [2.45, 2.75) is 30.8 Å². The summed E-state index contributed by atoms with van der Waals surface area (Å²) in [7, 11) is 0. The van der Waals surface area contributed by atoms with E-state index in [0.717, 1.165) is 0 Å². The lowest BCUT2D eigenvalue weighted by molar-refractivity contribution is -0.194. The van der Waals surface area contributed by atoms with E-state index in [-0.39, 0.29) is 6.61 Å². The molecule has 8 heteroatoms. The first-order valence-electron chi connectivity index (χ1n) is 4.96. The maximum absolute atomic E-state index is 10.6. The van der Waals surface area contributed by atoms with Crippen molar-refractivity contribution >= 4 is 11.9 Å². The van der Waals surface area contributed by atoms with Crippen molar-refractivity contribution in [2.24, 2.45) is 5.92 Å². The van der Waals surface area contributed by atoms with Gasteiger partial charge >= 0.3 is 11.9 Å². The van der Waals surface area contributed by atoms with E-state index in [1.54, 1.807) is 0 Å². The predicted octanol–water partition coefficient (Wildman–Crippen LogP) is -2.36. The zero-order valence-electron chi connectivity index (χ0n) is 8.76. The fraction of sp³-hybridized carbons (Fsp3) is 0.778. The van der Waals surface area contributed by atoms with E-state index in [1.807, 2.05) is 0 Å². The number of aliphatic hydroxyl groups excluding tert-OH is 3. The summed E-state index contributed by atoms with van der Waals surface area (Å²) in [5.74, 6) is -4.82. The van der Waals surface area contributed by atoms with Crippen LogP contribution in [0.5, 0.6) is 0 Å². The summed E-state index contributed by atoms with van der Waals surface area (Å²) in [6.45, 7) is -0.283. The van der Waals surface area contributed by atoms with Gasteiger partial charge in [-0.25, -0.2) is 0 Å². The molecule has 0 aromatic carbocycles. The van der Waals surface area contributed by atoms with Crippen molar-refractivity contribution in [3.8, 4) is 0 Å². The van der Waals surface area contributed by atoms with Crippen LogP contribution in [0.25, 0.3) is 0 Å². The Morgan fingerprint density at radius 3 is 2.12 bits per heavy atom. The van der Waals surface area contributed by atoms with Crippen LogP contribution in [0.15, 0.2) is 0 Å². The van der Waals surface area contributed by atoms with Gasteiger partial charge in [0.05, 0.1) is 12.7 Å². The van der Waals surface area contributed by atoms with E-state index in [9.17, 15) is 19.8 Å². The standard InChI is InChI=1S/C9H14O8/c10-4-2-17-5(7(12)6(4)11)1-3(8(13)14)9(15)16/h3-7,10-12H,1-2H2,(H,13,14)(H,15,16)/t4-,5-,6-,7-/m1/s1. The first-order chi connectivity index (χ1) is 7.84. The first kappa shape index (κ1) is 13.8. The van der Waals surface area contributed by atoms with Crippen LogP contribution in [-0.2, 0) is 14.3 Å². The molecule has 5 N–H and O–H groups in total. The van der Waals surface area contributed by atoms with Gasteiger partial charge in [-0.3, -0.25) is 9.59 Å². The monoisotopic (exact) mass is 250 g/mol. The minimum absolute atomic E-state index is 0.283. The maximum Gasteiger partial charge on any atom is 0.317 e. The maximum atomic E-state index is 10.6. The molecule has 0 unspecified atom stereocenters. The number of ether oxygens (including phenoxy) is 1. The Bertz CT molecular complexity index is 289. The van der Waals surface area contributed by atoms with Gasteiger partial charge in [0, 0.05) is 6.42 Å². The largest absolute Gasteiger partial charge is 0.481 e. The number of hydrogen-bond donors (Lipinski definition) is 5. The zero-order valence-corrected chi connectivity index (χ0v) is 8.76. The summed E-state index contributed by atoms with van der Waals surface area (Å²) in [6.07, 6.45) is -5.87. The second-order valence-electron chi connectivity index (χ2n) is 3.89. The third kappa shape index (κ3) is 3.13. The summed E-state index contributed by atoms with van der Waals surface area (Å²) >= 11 is 0. The molecule has 0 radical (unpaired) electrons. The van der Waals surface area contributed by atoms with Crippen LogP contribution in [0.2, 0.25) is 0 Å². The van der Waals surface area contributed by atoms with Crippen LogP contribution < -0.4 is 0 Å². The predicted molar refractivity (Wildman–Crippen MR) is 51.1 cm³/mol. The number of carbonyl (C=O) groups is 2. The van der Waals surface area contributed by atoms with E-state index in [1.165, 1.54) is 0 Å². The highest BCUT2D eigenvalue weighted by Crippen LogP contribution is 2.21. The average molecular weight is 250 g/mol.